The molecule has 1 aliphatic carbocycles. The van der Waals surface area contributed by atoms with E-state index >= 15 is 0 Å². The molecule has 1 saturated carbocycles. The van der Waals surface area contributed by atoms with E-state index in [2.05, 4.69) is 10.0 Å². The Balaban J connectivity index is 1.77. The summed E-state index contributed by atoms with van der Waals surface area (Å²) < 4.78 is 40.0. The molecule has 1 aromatic rings. The monoisotopic (exact) mass is 328 g/mol. The van der Waals surface area contributed by atoms with Crippen LogP contribution < -0.4 is 10.0 Å². The molecule has 1 aromatic carbocycles. The van der Waals surface area contributed by atoms with Crippen LogP contribution in [0.5, 0.6) is 0 Å². The lowest BCUT2D eigenvalue weighted by Gasteiger charge is -2.29. The fourth-order valence-electron chi connectivity index (χ4n) is 2.71. The van der Waals surface area contributed by atoms with Crippen molar-refractivity contribution >= 4 is 15.7 Å². The summed E-state index contributed by atoms with van der Waals surface area (Å²) in [4.78, 5) is 0. The van der Waals surface area contributed by atoms with Gasteiger partial charge in [0.25, 0.3) is 0 Å². The predicted octanol–water partition coefficient (Wildman–Crippen LogP) is 3.12. The lowest BCUT2D eigenvalue weighted by atomic mass is 9.86. The molecule has 0 heterocycles. The highest BCUT2D eigenvalue weighted by molar-refractivity contribution is 7.90. The Hall–Kier alpha value is -1.14. The number of nitrogens with one attached hydrogen (secondary N) is 2. The largest absolute Gasteiger partial charge is 0.382 e. The molecule has 4 nitrogen and oxygen atoms in total. The van der Waals surface area contributed by atoms with Crippen LogP contribution in [0, 0.1) is 11.7 Å². The van der Waals surface area contributed by atoms with E-state index in [-0.39, 0.29) is 11.9 Å². The maximum Gasteiger partial charge on any atom is 0.214 e. The third-order valence-corrected chi connectivity index (χ3v) is 6.16. The normalized spacial score (nSPS) is 22.7. The highest BCUT2D eigenvalue weighted by Crippen LogP contribution is 2.26. The van der Waals surface area contributed by atoms with Gasteiger partial charge in [-0.2, -0.15) is 0 Å². The zero-order valence-electron chi connectivity index (χ0n) is 13.2. The number of sulfonamides is 1. The summed E-state index contributed by atoms with van der Waals surface area (Å²) >= 11 is 0. The molecular formula is C16H25FN2O2S. The van der Waals surface area contributed by atoms with Crippen molar-refractivity contribution in [2.45, 2.75) is 50.8 Å². The maximum absolute atomic E-state index is 13.5. The quantitative estimate of drug-likeness (QED) is 0.843. The summed E-state index contributed by atoms with van der Waals surface area (Å²) in [5.41, 5.74) is 0.533. The molecule has 0 amide bonds. The first kappa shape index (κ1) is 17.2. The van der Waals surface area contributed by atoms with Gasteiger partial charge < -0.3 is 5.32 Å². The van der Waals surface area contributed by atoms with Crippen LogP contribution in [0.2, 0.25) is 0 Å². The summed E-state index contributed by atoms with van der Waals surface area (Å²) in [5, 5.41) is 2.75. The van der Waals surface area contributed by atoms with Crippen molar-refractivity contribution in [1.29, 1.82) is 0 Å². The summed E-state index contributed by atoms with van der Waals surface area (Å²) in [6, 6.07) is 6.70. The number of hydrogen-bond acceptors (Lipinski definition) is 3. The van der Waals surface area contributed by atoms with Crippen LogP contribution in [-0.2, 0) is 10.0 Å². The van der Waals surface area contributed by atoms with Gasteiger partial charge in [-0.05, 0) is 57.6 Å². The van der Waals surface area contributed by atoms with Crippen molar-refractivity contribution in [1.82, 2.24) is 4.72 Å². The number of anilines is 1. The average Bonchev–Trinajstić information content (AvgIpc) is 2.47. The van der Waals surface area contributed by atoms with Crippen molar-refractivity contribution in [2.24, 2.45) is 5.92 Å². The van der Waals surface area contributed by atoms with Crippen LogP contribution in [-0.4, -0.2) is 26.3 Å². The maximum atomic E-state index is 13.5. The summed E-state index contributed by atoms with van der Waals surface area (Å²) in [7, 11) is -3.19. The van der Waals surface area contributed by atoms with Gasteiger partial charge in [0.05, 0.1) is 10.9 Å². The minimum Gasteiger partial charge on any atom is -0.382 e. The van der Waals surface area contributed by atoms with Crippen LogP contribution in [0.1, 0.15) is 39.5 Å². The molecule has 0 saturated heterocycles. The first-order valence-electron chi connectivity index (χ1n) is 7.88. The van der Waals surface area contributed by atoms with Gasteiger partial charge in [0, 0.05) is 12.6 Å². The van der Waals surface area contributed by atoms with Gasteiger partial charge in [0.1, 0.15) is 5.82 Å². The fourth-order valence-corrected chi connectivity index (χ4v) is 3.68. The second-order valence-corrected chi connectivity index (χ2v) is 8.56. The van der Waals surface area contributed by atoms with E-state index in [9.17, 15) is 12.8 Å². The molecule has 2 rings (SSSR count). The summed E-state index contributed by atoms with van der Waals surface area (Å²) in [6.07, 6.45) is 3.59. The van der Waals surface area contributed by atoms with Gasteiger partial charge in [0.2, 0.25) is 10.0 Å². The molecule has 0 spiro atoms. The second kappa shape index (κ2) is 7.42. The molecule has 6 heteroatoms. The first-order chi connectivity index (χ1) is 10.4. The highest BCUT2D eigenvalue weighted by Gasteiger charge is 2.26. The van der Waals surface area contributed by atoms with E-state index in [1.807, 2.05) is 6.07 Å². The van der Waals surface area contributed by atoms with E-state index in [0.717, 1.165) is 32.2 Å². The Morgan fingerprint density at radius 1 is 1.18 bits per heavy atom. The van der Waals surface area contributed by atoms with Crippen molar-refractivity contribution in [3.05, 3.63) is 30.1 Å². The molecule has 0 aromatic heterocycles. The van der Waals surface area contributed by atoms with Gasteiger partial charge in [-0.1, -0.05) is 12.1 Å². The molecule has 0 unspecified atom stereocenters. The molecule has 0 aliphatic heterocycles. The molecule has 0 atom stereocenters. The molecule has 0 bridgehead atoms. The van der Waals surface area contributed by atoms with Crippen molar-refractivity contribution < 1.29 is 12.8 Å². The summed E-state index contributed by atoms with van der Waals surface area (Å²) in [5.74, 6) is 0.222. The van der Waals surface area contributed by atoms with E-state index in [1.54, 1.807) is 26.0 Å². The molecule has 0 radical (unpaired) electrons. The minimum atomic E-state index is -3.19. The number of rotatable bonds is 6. The van der Waals surface area contributed by atoms with Crippen molar-refractivity contribution in [3.8, 4) is 0 Å². The van der Waals surface area contributed by atoms with Gasteiger partial charge in [-0.3, -0.25) is 0 Å². The lowest BCUT2D eigenvalue weighted by Crippen LogP contribution is -2.41. The number of benzene rings is 1. The number of hydrogen-bond donors (Lipinski definition) is 2. The number of para-hydroxylation sites is 1. The fraction of sp³-hybridized carbons (Fsp3) is 0.625. The van der Waals surface area contributed by atoms with Crippen LogP contribution in [0.3, 0.4) is 0 Å². The lowest BCUT2D eigenvalue weighted by molar-refractivity contribution is 0.323. The second-order valence-electron chi connectivity index (χ2n) is 6.29. The molecular weight excluding hydrogens is 303 g/mol. The van der Waals surface area contributed by atoms with Gasteiger partial charge >= 0.3 is 0 Å². The van der Waals surface area contributed by atoms with Crippen LogP contribution >= 0.6 is 0 Å². The van der Waals surface area contributed by atoms with E-state index in [0.29, 0.717) is 11.6 Å². The third-order valence-electron chi connectivity index (χ3n) is 4.25. The Bertz CT molecular complexity index is 582. The molecule has 1 fully saturated rings. The molecule has 124 valence electrons. The molecule has 22 heavy (non-hydrogen) atoms. The standard InChI is InChI=1S/C16H25FN2O2S/c1-12(2)22(20,21)19-14-9-7-13(8-10-14)11-18-16-6-4-3-5-15(16)17/h3-6,12-14,18-19H,7-11H2,1-2H3. The summed E-state index contributed by atoms with van der Waals surface area (Å²) in [6.45, 7) is 4.10. The van der Waals surface area contributed by atoms with Crippen LogP contribution in [0.4, 0.5) is 10.1 Å². The zero-order valence-corrected chi connectivity index (χ0v) is 14.0. The molecule has 2 N–H and O–H groups in total. The minimum absolute atomic E-state index is 0.0390. The molecule has 1 aliphatic rings. The Morgan fingerprint density at radius 2 is 1.82 bits per heavy atom. The Labute approximate surface area is 132 Å². The van der Waals surface area contributed by atoms with Gasteiger partial charge in [0.15, 0.2) is 0 Å². The van der Waals surface area contributed by atoms with Crippen LogP contribution in [0.25, 0.3) is 0 Å². The Kier molecular flexibility index (Phi) is 5.81. The predicted molar refractivity (Wildman–Crippen MR) is 87.8 cm³/mol. The van der Waals surface area contributed by atoms with E-state index < -0.39 is 15.3 Å². The zero-order chi connectivity index (χ0) is 16.2. The smallest absolute Gasteiger partial charge is 0.214 e. The van der Waals surface area contributed by atoms with Gasteiger partial charge in [-0.15, -0.1) is 0 Å². The van der Waals surface area contributed by atoms with Crippen molar-refractivity contribution in [3.63, 3.8) is 0 Å². The van der Waals surface area contributed by atoms with E-state index in [1.165, 1.54) is 6.07 Å². The van der Waals surface area contributed by atoms with Gasteiger partial charge in [-0.25, -0.2) is 17.5 Å². The SMILES string of the molecule is CC(C)S(=O)(=O)NC1CCC(CNc2ccccc2F)CC1. The highest BCUT2D eigenvalue weighted by atomic mass is 32.2. The first-order valence-corrected chi connectivity index (χ1v) is 9.42. The van der Waals surface area contributed by atoms with Crippen LogP contribution in [0.15, 0.2) is 24.3 Å². The third kappa shape index (κ3) is 4.68. The average molecular weight is 328 g/mol. The van der Waals surface area contributed by atoms with E-state index in [4.69, 9.17) is 0 Å². The van der Waals surface area contributed by atoms with Crippen molar-refractivity contribution in [2.75, 3.05) is 11.9 Å². The Morgan fingerprint density at radius 3 is 2.41 bits per heavy atom. The number of halogens is 1. The topological polar surface area (TPSA) is 58.2 Å².